The molecule has 0 radical (unpaired) electrons. The van der Waals surface area contributed by atoms with Crippen molar-refractivity contribution in [3.63, 3.8) is 0 Å². The lowest BCUT2D eigenvalue weighted by atomic mass is 9.85. The molecule has 1 heterocycles. The van der Waals surface area contributed by atoms with E-state index in [0.29, 0.717) is 43.4 Å². The summed E-state index contributed by atoms with van der Waals surface area (Å²) >= 11 is 25.5. The third-order valence-corrected chi connectivity index (χ3v) is 10.6. The second-order valence-corrected chi connectivity index (χ2v) is 13.8. The van der Waals surface area contributed by atoms with Crippen LogP contribution in [0.1, 0.15) is 38.5 Å². The van der Waals surface area contributed by atoms with Crippen molar-refractivity contribution in [2.24, 2.45) is 5.92 Å². The molecule has 2 aliphatic rings. The smallest absolute Gasteiger partial charge is 0.337 e. The Morgan fingerprint density at radius 1 is 0.870 bits per heavy atom. The Balaban J connectivity index is 1.34. The molecular weight excluding hydrogens is 700 g/mol. The van der Waals surface area contributed by atoms with E-state index in [1.54, 1.807) is 42.5 Å². The summed E-state index contributed by atoms with van der Waals surface area (Å²) in [6.07, 6.45) is 0.145. The Labute approximate surface area is 284 Å². The first-order chi connectivity index (χ1) is 22.0. The number of halogens is 4. The predicted octanol–water partition coefficient (Wildman–Crippen LogP) is 7.20. The van der Waals surface area contributed by atoms with Crippen LogP contribution in [-0.2, 0) is 32.6 Å². The Hall–Kier alpha value is -3.67. The molecule has 6 rings (SSSR count). The van der Waals surface area contributed by atoms with Gasteiger partial charge < -0.3 is 18.9 Å². The number of esters is 1. The zero-order valence-corrected chi connectivity index (χ0v) is 27.7. The van der Waals surface area contributed by atoms with Crippen molar-refractivity contribution in [1.82, 2.24) is 4.72 Å². The second kappa shape index (κ2) is 12.8. The minimum atomic E-state index is -4.53. The molecule has 1 N–H and O–H groups in total. The number of nitrogens with one attached hydrogen (secondary N) is 1. The lowest BCUT2D eigenvalue weighted by molar-refractivity contribution is -0.123. The molecule has 0 spiro atoms. The summed E-state index contributed by atoms with van der Waals surface area (Å²) in [6.45, 7) is 0.113. The SMILES string of the molecule is COC(=O)c1ccc(Cl)c(S(=O)(=O)NC(=O)C2Cc3cc(OCc4c(Cl)cccc4Cl)ccc3C2c2cc3c(cc2Cl)OCO3)c1. The number of benzene rings is 4. The molecule has 0 bridgehead atoms. The van der Waals surface area contributed by atoms with E-state index in [1.807, 2.05) is 6.07 Å². The zero-order valence-electron chi connectivity index (χ0n) is 23.8. The molecule has 14 heteroatoms. The molecule has 46 heavy (non-hydrogen) atoms. The topological polar surface area (TPSA) is 117 Å². The number of hydrogen-bond acceptors (Lipinski definition) is 8. The van der Waals surface area contributed by atoms with Crippen LogP contribution in [0.2, 0.25) is 20.1 Å². The largest absolute Gasteiger partial charge is 0.489 e. The number of sulfonamides is 1. The molecule has 4 aromatic carbocycles. The Morgan fingerprint density at radius 3 is 2.30 bits per heavy atom. The molecule has 2 unspecified atom stereocenters. The maximum Gasteiger partial charge on any atom is 0.337 e. The van der Waals surface area contributed by atoms with Crippen molar-refractivity contribution in [2.75, 3.05) is 13.9 Å². The van der Waals surface area contributed by atoms with Crippen LogP contribution in [-0.4, -0.2) is 34.2 Å². The molecule has 9 nitrogen and oxygen atoms in total. The summed E-state index contributed by atoms with van der Waals surface area (Å²) in [5.74, 6) is -1.78. The van der Waals surface area contributed by atoms with Gasteiger partial charge in [-0.2, -0.15) is 0 Å². The van der Waals surface area contributed by atoms with Gasteiger partial charge in [0, 0.05) is 32.6 Å². The van der Waals surface area contributed by atoms with Crippen LogP contribution in [0.25, 0.3) is 0 Å². The summed E-state index contributed by atoms with van der Waals surface area (Å²) in [6, 6.07) is 17.4. The number of amides is 1. The average Bonchev–Trinajstić information content (AvgIpc) is 3.63. The number of methoxy groups -OCH3 is 1. The maximum absolute atomic E-state index is 13.9. The molecule has 1 amide bonds. The van der Waals surface area contributed by atoms with Crippen molar-refractivity contribution < 1.29 is 37.0 Å². The highest BCUT2D eigenvalue weighted by molar-refractivity contribution is 7.90. The first kappa shape index (κ1) is 32.3. The van der Waals surface area contributed by atoms with Gasteiger partial charge in [0.2, 0.25) is 12.7 Å². The standard InChI is InChI=1S/C32H23Cl4NO8S/c1-42-32(39)16-5-8-25(35)29(11-16)46(40,41)37-31(38)21-10-17-9-18(43-14-22-23(33)3-2-4-24(22)34)6-7-19(17)30(21)20-12-27-28(13-26(20)36)45-15-44-27/h2-9,11-13,21,30H,10,14-15H2,1H3,(H,37,38). The van der Waals surface area contributed by atoms with Crippen LogP contribution in [0.15, 0.2) is 71.6 Å². The fraction of sp³-hybridized carbons (Fsp3) is 0.188. The monoisotopic (exact) mass is 721 g/mol. The summed E-state index contributed by atoms with van der Waals surface area (Å²) < 4.78 is 50.8. The van der Waals surface area contributed by atoms with E-state index in [2.05, 4.69) is 4.72 Å². The van der Waals surface area contributed by atoms with Gasteiger partial charge in [0.05, 0.1) is 23.6 Å². The molecule has 0 aromatic heterocycles. The minimum Gasteiger partial charge on any atom is -0.489 e. The number of hydrogen-bond donors (Lipinski definition) is 1. The molecule has 0 fully saturated rings. The number of ether oxygens (including phenoxy) is 4. The van der Waals surface area contributed by atoms with Crippen LogP contribution >= 0.6 is 46.4 Å². The normalized spacial score (nSPS) is 16.5. The Bertz CT molecular complexity index is 1980. The average molecular weight is 723 g/mol. The van der Waals surface area contributed by atoms with Crippen LogP contribution in [0.5, 0.6) is 17.2 Å². The summed E-state index contributed by atoms with van der Waals surface area (Å²) in [5.41, 5.74) is 2.60. The first-order valence-corrected chi connectivity index (χ1v) is 16.7. The van der Waals surface area contributed by atoms with E-state index in [0.717, 1.165) is 24.3 Å². The lowest BCUT2D eigenvalue weighted by Gasteiger charge is -2.22. The van der Waals surface area contributed by atoms with Crippen LogP contribution < -0.4 is 18.9 Å². The van der Waals surface area contributed by atoms with Gasteiger partial charge in [-0.25, -0.2) is 17.9 Å². The van der Waals surface area contributed by atoms with E-state index in [1.165, 1.54) is 12.1 Å². The van der Waals surface area contributed by atoms with Crippen LogP contribution in [0.4, 0.5) is 0 Å². The molecule has 1 aliphatic heterocycles. The third kappa shape index (κ3) is 6.20. The van der Waals surface area contributed by atoms with Gasteiger partial charge in [-0.3, -0.25) is 4.79 Å². The van der Waals surface area contributed by atoms with Gasteiger partial charge in [-0.1, -0.05) is 58.5 Å². The zero-order chi connectivity index (χ0) is 32.7. The predicted molar refractivity (Wildman–Crippen MR) is 172 cm³/mol. The number of rotatable bonds is 8. The molecular formula is C32H23Cl4NO8S. The number of fused-ring (bicyclic) bond motifs is 2. The van der Waals surface area contributed by atoms with Crippen LogP contribution in [0, 0.1) is 5.92 Å². The summed E-state index contributed by atoms with van der Waals surface area (Å²) in [4.78, 5) is 25.5. The van der Waals surface area contributed by atoms with Crippen molar-refractivity contribution in [1.29, 1.82) is 0 Å². The Kier molecular flexibility index (Phi) is 9.02. The van der Waals surface area contributed by atoms with Crippen molar-refractivity contribution in [3.8, 4) is 17.2 Å². The van der Waals surface area contributed by atoms with E-state index in [4.69, 9.17) is 65.4 Å². The molecule has 238 valence electrons. The second-order valence-electron chi connectivity index (χ2n) is 10.5. The molecule has 0 saturated carbocycles. The molecule has 0 saturated heterocycles. The quantitative estimate of drug-likeness (QED) is 0.190. The van der Waals surface area contributed by atoms with E-state index in [-0.39, 0.29) is 30.4 Å². The van der Waals surface area contributed by atoms with Gasteiger partial charge >= 0.3 is 5.97 Å². The Morgan fingerprint density at radius 2 is 1.59 bits per heavy atom. The molecule has 2 atom stereocenters. The van der Waals surface area contributed by atoms with Crippen LogP contribution in [0.3, 0.4) is 0 Å². The molecule has 4 aromatic rings. The highest BCUT2D eigenvalue weighted by atomic mass is 35.5. The van der Waals surface area contributed by atoms with Crippen molar-refractivity contribution >= 4 is 68.3 Å². The van der Waals surface area contributed by atoms with E-state index in [9.17, 15) is 18.0 Å². The van der Waals surface area contributed by atoms with Gasteiger partial charge in [-0.15, -0.1) is 0 Å². The summed E-state index contributed by atoms with van der Waals surface area (Å²) in [5, 5.41) is 1.05. The molecule has 1 aliphatic carbocycles. The van der Waals surface area contributed by atoms with E-state index < -0.39 is 38.6 Å². The summed E-state index contributed by atoms with van der Waals surface area (Å²) in [7, 11) is -3.37. The third-order valence-electron chi connectivity index (χ3n) is 7.78. The van der Waals surface area contributed by atoms with Gasteiger partial charge in [0.1, 0.15) is 17.3 Å². The highest BCUT2D eigenvalue weighted by Gasteiger charge is 2.42. The first-order valence-electron chi connectivity index (χ1n) is 13.7. The van der Waals surface area contributed by atoms with E-state index >= 15 is 0 Å². The number of carbonyl (C=O) groups is 2. The maximum atomic E-state index is 13.9. The number of carbonyl (C=O) groups excluding carboxylic acids is 2. The fourth-order valence-electron chi connectivity index (χ4n) is 5.57. The minimum absolute atomic E-state index is 0.0140. The van der Waals surface area contributed by atoms with Gasteiger partial charge in [-0.05, 0) is 71.6 Å². The van der Waals surface area contributed by atoms with Crippen molar-refractivity contribution in [2.45, 2.75) is 23.8 Å². The fourth-order valence-corrected chi connectivity index (χ4v) is 7.90. The lowest BCUT2D eigenvalue weighted by Crippen LogP contribution is -2.37. The van der Waals surface area contributed by atoms with Crippen molar-refractivity contribution in [3.05, 3.63) is 115 Å². The highest BCUT2D eigenvalue weighted by Crippen LogP contribution is 2.49. The van der Waals surface area contributed by atoms with Gasteiger partial charge in [0.15, 0.2) is 11.5 Å². The van der Waals surface area contributed by atoms with Gasteiger partial charge in [0.25, 0.3) is 10.0 Å².